The Morgan fingerprint density at radius 2 is 0.296 bits per heavy atom. The molecule has 0 unspecified atom stereocenters. The molecular formula is HClFe6N5O15-5. The summed E-state index contributed by atoms with van der Waals surface area (Å²) in [5.74, 6) is 0. The Kier molecular flexibility index (Phi) is 222. The summed E-state index contributed by atoms with van der Waals surface area (Å²) in [6, 6.07) is 0. The van der Waals surface area contributed by atoms with E-state index in [1.54, 1.807) is 0 Å². The van der Waals surface area contributed by atoms with Crippen LogP contribution in [0.4, 0.5) is 0 Å². The zero-order chi connectivity index (χ0) is 17.9. The summed E-state index contributed by atoms with van der Waals surface area (Å²) >= 11 is 0. The van der Waals surface area contributed by atoms with Gasteiger partial charge in [0.25, 0.3) is 0 Å². The van der Waals surface area contributed by atoms with Crippen LogP contribution in [0.5, 0.6) is 0 Å². The molecular weight excluding hydrogens is 681 g/mol. The summed E-state index contributed by atoms with van der Waals surface area (Å²) in [6.07, 6.45) is 0. The topological polar surface area (TPSA) is 331 Å². The first-order chi connectivity index (χ1) is 8.66. The molecule has 0 aliphatic heterocycles. The fraction of sp³-hybridized carbons (Fsp3) is 0. The Morgan fingerprint density at radius 1 is 0.296 bits per heavy atom. The van der Waals surface area contributed by atoms with Gasteiger partial charge in [0.15, 0.2) is 0 Å². The van der Waals surface area contributed by atoms with Crippen molar-refractivity contribution in [2.75, 3.05) is 0 Å². The van der Waals surface area contributed by atoms with Crippen LogP contribution in [0.25, 0.3) is 0 Å². The van der Waals surface area contributed by atoms with Gasteiger partial charge in [-0.3, -0.25) is 0 Å². The normalized spacial score (nSPS) is 4.44. The van der Waals surface area contributed by atoms with Crippen molar-refractivity contribution in [1.29, 1.82) is 0 Å². The monoisotopic (exact) mass is 682 g/mol. The average Bonchev–Trinajstić information content (AvgIpc) is 1.94. The molecule has 0 spiro atoms. The van der Waals surface area contributed by atoms with Gasteiger partial charge in [0.1, 0.15) is 0 Å². The van der Waals surface area contributed by atoms with E-state index in [1.807, 2.05) is 0 Å². The van der Waals surface area contributed by atoms with Crippen LogP contribution >= 0.6 is 12.4 Å². The molecule has 0 N–H and O–H groups in total. The number of halogens is 1. The first-order valence-electron chi connectivity index (χ1n) is 2.74. The maximum Gasteiger partial charge on any atom is 0.0689 e. The van der Waals surface area contributed by atoms with Crippen LogP contribution in [-0.2, 0) is 102 Å². The van der Waals surface area contributed by atoms with E-state index in [-0.39, 0.29) is 115 Å². The SMILES string of the molecule is Cl.O=[N+]([O-])[O-].O=[N+]([O-])[O-].O=[N+]([O-])[O-].O=[N+]([O-])[O-].O=[N+]([O-])[O-].[Fe].[Fe].[Fe].[Fe].[Fe].[Fe]. The second-order valence-electron chi connectivity index (χ2n) is 1.12. The van der Waals surface area contributed by atoms with E-state index in [9.17, 15) is 0 Å². The first kappa shape index (κ1) is 82.1. The molecule has 0 radical (unpaired) electrons. The Balaban J connectivity index is -0.00000000978. The van der Waals surface area contributed by atoms with Gasteiger partial charge in [-0.2, -0.15) is 0 Å². The molecule has 0 aliphatic carbocycles. The van der Waals surface area contributed by atoms with Crippen LogP contribution in [0.1, 0.15) is 0 Å². The Bertz CT molecular complexity index is 227. The van der Waals surface area contributed by atoms with Gasteiger partial charge >= 0.3 is 0 Å². The maximum absolute atomic E-state index is 8.25. The van der Waals surface area contributed by atoms with Crippen molar-refractivity contribution in [1.82, 2.24) is 0 Å². The van der Waals surface area contributed by atoms with Gasteiger partial charge < -0.3 is 76.6 Å². The van der Waals surface area contributed by atoms with Crippen molar-refractivity contribution in [3.63, 3.8) is 0 Å². The van der Waals surface area contributed by atoms with Crippen LogP contribution in [0, 0.1) is 76.6 Å². The molecule has 176 valence electrons. The van der Waals surface area contributed by atoms with Crippen LogP contribution in [0.15, 0.2) is 0 Å². The third-order valence-electron chi connectivity index (χ3n) is 0. The zero-order valence-corrected chi connectivity index (χ0v) is 18.3. The van der Waals surface area contributed by atoms with Gasteiger partial charge in [-0.15, -0.1) is 12.4 Å². The van der Waals surface area contributed by atoms with Gasteiger partial charge in [0, 0.05) is 102 Å². The quantitative estimate of drug-likeness (QED) is 0.172. The summed E-state index contributed by atoms with van der Waals surface area (Å²) in [4.78, 5) is 41.2. The minimum atomic E-state index is -1.75. The molecule has 0 rings (SSSR count). The van der Waals surface area contributed by atoms with Crippen LogP contribution in [0.2, 0.25) is 0 Å². The molecule has 20 nitrogen and oxygen atoms in total. The third-order valence-corrected chi connectivity index (χ3v) is 0. The summed E-state index contributed by atoms with van der Waals surface area (Å²) in [5.41, 5.74) is 0. The predicted octanol–water partition coefficient (Wildman–Crippen LogP) is -0.789. The van der Waals surface area contributed by atoms with Crippen molar-refractivity contribution < 1.29 is 128 Å². The van der Waals surface area contributed by atoms with Gasteiger partial charge in [0.2, 0.25) is 0 Å². The molecule has 0 amide bonds. The van der Waals surface area contributed by atoms with E-state index in [2.05, 4.69) is 0 Å². The Labute approximate surface area is 215 Å². The Hall–Kier alpha value is -0.593. The second-order valence-corrected chi connectivity index (χ2v) is 1.12. The van der Waals surface area contributed by atoms with Crippen molar-refractivity contribution in [3.8, 4) is 0 Å². The van der Waals surface area contributed by atoms with Crippen LogP contribution < -0.4 is 0 Å². The van der Waals surface area contributed by atoms with E-state index >= 15 is 0 Å². The van der Waals surface area contributed by atoms with Gasteiger partial charge in [0.05, 0.1) is 25.4 Å². The predicted molar refractivity (Wildman–Crippen MR) is 59.1 cm³/mol. The summed E-state index contributed by atoms with van der Waals surface area (Å²) in [5, 5.41) is 73.8. The van der Waals surface area contributed by atoms with E-state index < -0.39 is 25.4 Å². The molecule has 0 aliphatic rings. The molecule has 27 heavy (non-hydrogen) atoms. The molecule has 0 fully saturated rings. The van der Waals surface area contributed by atoms with Crippen LogP contribution in [0.3, 0.4) is 0 Å². The largest absolute Gasteiger partial charge is 0.356 e. The van der Waals surface area contributed by atoms with Crippen molar-refractivity contribution in [3.05, 3.63) is 76.6 Å². The molecule has 0 aromatic carbocycles. The summed E-state index contributed by atoms with van der Waals surface area (Å²) in [7, 11) is 0. The van der Waals surface area contributed by atoms with E-state index in [0.717, 1.165) is 0 Å². The van der Waals surface area contributed by atoms with Crippen molar-refractivity contribution >= 4 is 12.4 Å². The fourth-order valence-electron chi connectivity index (χ4n) is 0. The maximum atomic E-state index is 8.25. The van der Waals surface area contributed by atoms with E-state index in [0.29, 0.717) is 0 Å². The number of hydrogen-bond donors (Lipinski definition) is 0. The number of nitrogens with zero attached hydrogens (tertiary/aromatic N) is 5. The van der Waals surface area contributed by atoms with Crippen molar-refractivity contribution in [2.24, 2.45) is 0 Å². The summed E-state index contributed by atoms with van der Waals surface area (Å²) < 4.78 is 0. The van der Waals surface area contributed by atoms with E-state index in [1.165, 1.54) is 0 Å². The molecule has 0 bridgehead atoms. The minimum Gasteiger partial charge on any atom is -0.356 e. The van der Waals surface area contributed by atoms with Crippen LogP contribution in [-0.4, -0.2) is 25.4 Å². The summed E-state index contributed by atoms with van der Waals surface area (Å²) in [6.45, 7) is 0. The molecule has 0 heterocycles. The molecule has 0 aromatic rings. The first-order valence-corrected chi connectivity index (χ1v) is 2.74. The van der Waals surface area contributed by atoms with Crippen molar-refractivity contribution in [2.45, 2.75) is 0 Å². The fourth-order valence-corrected chi connectivity index (χ4v) is 0. The van der Waals surface area contributed by atoms with E-state index in [4.69, 9.17) is 76.6 Å². The molecule has 0 saturated carbocycles. The third kappa shape index (κ3) is 39600. The molecule has 0 aromatic heterocycles. The second kappa shape index (κ2) is 72.9. The van der Waals surface area contributed by atoms with Gasteiger partial charge in [-0.25, -0.2) is 0 Å². The average molecular weight is 682 g/mol. The Morgan fingerprint density at radius 3 is 0.296 bits per heavy atom. The molecule has 0 atom stereocenters. The minimum absolute atomic E-state index is 0. The molecule has 0 saturated heterocycles. The zero-order valence-electron chi connectivity index (χ0n) is 10.9. The smallest absolute Gasteiger partial charge is 0.0689 e. The molecule has 27 heteroatoms. The van der Waals surface area contributed by atoms with Gasteiger partial charge in [-0.1, -0.05) is 0 Å². The number of rotatable bonds is 0. The number of hydrogen-bond acceptors (Lipinski definition) is 15. The van der Waals surface area contributed by atoms with Gasteiger partial charge in [-0.05, 0) is 0 Å². The standard InChI is InChI=1S/ClH.6Fe.5NO3/c;;;;;;;5*2-1(3)4/h1H;;;;;;;;;;;/q;;;;;;;5*-1.